The Morgan fingerprint density at radius 1 is 1.45 bits per heavy atom. The first-order valence-corrected chi connectivity index (χ1v) is 8.72. The lowest BCUT2D eigenvalue weighted by Crippen LogP contribution is -2.40. The number of aromatic nitrogens is 1. The molecule has 0 unspecified atom stereocenters. The molecule has 0 saturated carbocycles. The summed E-state index contributed by atoms with van der Waals surface area (Å²) < 4.78 is 5.75. The first-order valence-electron chi connectivity index (χ1n) is 7.56. The van der Waals surface area contributed by atoms with E-state index in [0.717, 1.165) is 41.6 Å². The largest absolute Gasteiger partial charge is 0.464 e. The molecule has 116 valence electrons. The number of pyridine rings is 1. The second kappa shape index (κ2) is 7.01. The highest BCUT2D eigenvalue weighted by Crippen LogP contribution is 2.31. The molecule has 0 spiro atoms. The average molecular weight is 316 g/mol. The fourth-order valence-corrected chi connectivity index (χ4v) is 3.77. The summed E-state index contributed by atoms with van der Waals surface area (Å²) in [5, 5.41) is 0. The van der Waals surface area contributed by atoms with Crippen LogP contribution < -0.4 is 0 Å². The molecule has 0 aliphatic carbocycles. The van der Waals surface area contributed by atoms with Gasteiger partial charge in [-0.05, 0) is 37.1 Å². The van der Waals surface area contributed by atoms with Gasteiger partial charge in [0.25, 0.3) is 0 Å². The second-order valence-electron chi connectivity index (χ2n) is 5.49. The molecule has 1 saturated heterocycles. The maximum atomic E-state index is 12.6. The van der Waals surface area contributed by atoms with Crippen LogP contribution in [0.5, 0.6) is 0 Å². The van der Waals surface area contributed by atoms with Crippen LogP contribution in [0.4, 0.5) is 0 Å². The normalized spacial score (nSPS) is 18.4. The SMILES string of the molecule is Cc1ccc([C@H]2CSCCN2C(=O)CCc2cccnc2)o1. The molecule has 5 heteroatoms. The molecule has 0 aromatic carbocycles. The summed E-state index contributed by atoms with van der Waals surface area (Å²) >= 11 is 1.88. The Balaban J connectivity index is 1.66. The van der Waals surface area contributed by atoms with E-state index in [0.29, 0.717) is 6.42 Å². The average Bonchev–Trinajstić information content (AvgIpc) is 3.00. The highest BCUT2D eigenvalue weighted by atomic mass is 32.2. The molecule has 0 bridgehead atoms. The highest BCUT2D eigenvalue weighted by Gasteiger charge is 2.30. The third-order valence-corrected chi connectivity index (χ3v) is 4.91. The number of carbonyl (C=O) groups is 1. The van der Waals surface area contributed by atoms with Gasteiger partial charge >= 0.3 is 0 Å². The topological polar surface area (TPSA) is 46.3 Å². The van der Waals surface area contributed by atoms with Crippen molar-refractivity contribution < 1.29 is 9.21 Å². The van der Waals surface area contributed by atoms with Crippen molar-refractivity contribution in [3.63, 3.8) is 0 Å². The summed E-state index contributed by atoms with van der Waals surface area (Å²) in [6.45, 7) is 2.73. The van der Waals surface area contributed by atoms with Crippen LogP contribution in [-0.2, 0) is 11.2 Å². The van der Waals surface area contributed by atoms with Crippen LogP contribution >= 0.6 is 11.8 Å². The fraction of sp³-hybridized carbons (Fsp3) is 0.412. The zero-order valence-corrected chi connectivity index (χ0v) is 13.5. The van der Waals surface area contributed by atoms with Gasteiger partial charge in [0.1, 0.15) is 11.5 Å². The minimum absolute atomic E-state index is 0.0637. The van der Waals surface area contributed by atoms with Crippen molar-refractivity contribution in [3.8, 4) is 0 Å². The molecule has 0 N–H and O–H groups in total. The quantitative estimate of drug-likeness (QED) is 0.869. The predicted octanol–water partition coefficient (Wildman–Crippen LogP) is 3.23. The Morgan fingerprint density at radius 2 is 2.36 bits per heavy atom. The number of carbonyl (C=O) groups excluding carboxylic acids is 1. The van der Waals surface area contributed by atoms with Gasteiger partial charge in [-0.15, -0.1) is 0 Å². The number of thioether (sulfide) groups is 1. The summed E-state index contributed by atoms with van der Waals surface area (Å²) in [5.41, 5.74) is 1.10. The standard InChI is InChI=1S/C17H20N2O2S/c1-13-4-6-16(21-13)15-12-22-10-9-19(15)17(20)7-5-14-3-2-8-18-11-14/h2-4,6,8,11,15H,5,7,9-10,12H2,1H3/t15-/m1/s1. The molecular formula is C17H20N2O2S. The van der Waals surface area contributed by atoms with Crippen LogP contribution in [0.25, 0.3) is 0 Å². The number of rotatable bonds is 4. The molecule has 4 nitrogen and oxygen atoms in total. The van der Waals surface area contributed by atoms with E-state index in [1.807, 2.05) is 54.0 Å². The van der Waals surface area contributed by atoms with Gasteiger partial charge in [-0.25, -0.2) is 0 Å². The Morgan fingerprint density at radius 3 is 3.09 bits per heavy atom. The van der Waals surface area contributed by atoms with Crippen LogP contribution in [-0.4, -0.2) is 33.8 Å². The lowest BCUT2D eigenvalue weighted by atomic mass is 10.1. The minimum atomic E-state index is 0.0637. The number of aryl methyl sites for hydroxylation is 2. The Kier molecular flexibility index (Phi) is 4.83. The van der Waals surface area contributed by atoms with E-state index in [-0.39, 0.29) is 11.9 Å². The Labute approximate surface area is 134 Å². The lowest BCUT2D eigenvalue weighted by molar-refractivity contribution is -0.133. The summed E-state index contributed by atoms with van der Waals surface area (Å²) in [5.74, 6) is 3.90. The molecule has 2 aromatic rings. The van der Waals surface area contributed by atoms with Gasteiger partial charge in [-0.2, -0.15) is 11.8 Å². The second-order valence-corrected chi connectivity index (χ2v) is 6.64. The summed E-state index contributed by atoms with van der Waals surface area (Å²) in [7, 11) is 0. The van der Waals surface area contributed by atoms with E-state index in [1.165, 1.54) is 0 Å². The first kappa shape index (κ1) is 15.2. The van der Waals surface area contributed by atoms with Crippen molar-refractivity contribution in [3.05, 3.63) is 53.7 Å². The Bertz CT molecular complexity index is 627. The van der Waals surface area contributed by atoms with Crippen LogP contribution in [0, 0.1) is 6.92 Å². The van der Waals surface area contributed by atoms with Crippen molar-refractivity contribution in [1.29, 1.82) is 0 Å². The van der Waals surface area contributed by atoms with E-state index in [2.05, 4.69) is 4.98 Å². The van der Waals surface area contributed by atoms with Crippen LogP contribution in [0.2, 0.25) is 0 Å². The first-order chi connectivity index (χ1) is 10.7. The number of amides is 1. The molecule has 1 aliphatic rings. The van der Waals surface area contributed by atoms with E-state index in [4.69, 9.17) is 4.42 Å². The van der Waals surface area contributed by atoms with E-state index >= 15 is 0 Å². The highest BCUT2D eigenvalue weighted by molar-refractivity contribution is 7.99. The van der Waals surface area contributed by atoms with Crippen molar-refractivity contribution >= 4 is 17.7 Å². The van der Waals surface area contributed by atoms with Crippen molar-refractivity contribution in [1.82, 2.24) is 9.88 Å². The smallest absolute Gasteiger partial charge is 0.223 e. The van der Waals surface area contributed by atoms with Crippen LogP contribution in [0.15, 0.2) is 41.1 Å². The molecule has 0 radical (unpaired) electrons. The summed E-state index contributed by atoms with van der Waals surface area (Å²) in [6.07, 6.45) is 4.84. The number of hydrogen-bond donors (Lipinski definition) is 0. The number of hydrogen-bond acceptors (Lipinski definition) is 4. The molecule has 1 aliphatic heterocycles. The maximum absolute atomic E-state index is 12.6. The van der Waals surface area contributed by atoms with Crippen molar-refractivity contribution in [2.75, 3.05) is 18.1 Å². The molecule has 2 aromatic heterocycles. The van der Waals surface area contributed by atoms with E-state index in [1.54, 1.807) is 6.20 Å². The zero-order chi connectivity index (χ0) is 15.4. The zero-order valence-electron chi connectivity index (χ0n) is 12.7. The van der Waals surface area contributed by atoms with Gasteiger partial charge < -0.3 is 9.32 Å². The van der Waals surface area contributed by atoms with E-state index < -0.39 is 0 Å². The molecule has 3 rings (SSSR count). The predicted molar refractivity (Wildman–Crippen MR) is 87.8 cm³/mol. The van der Waals surface area contributed by atoms with Gasteiger partial charge in [0.2, 0.25) is 5.91 Å². The van der Waals surface area contributed by atoms with Gasteiger partial charge in [0, 0.05) is 36.9 Å². The van der Waals surface area contributed by atoms with Crippen molar-refractivity contribution in [2.24, 2.45) is 0 Å². The maximum Gasteiger partial charge on any atom is 0.223 e. The third kappa shape index (κ3) is 3.53. The molecule has 1 fully saturated rings. The lowest BCUT2D eigenvalue weighted by Gasteiger charge is -2.34. The number of furan rings is 1. The van der Waals surface area contributed by atoms with Crippen molar-refractivity contribution in [2.45, 2.75) is 25.8 Å². The van der Waals surface area contributed by atoms with Gasteiger partial charge in [-0.3, -0.25) is 9.78 Å². The summed E-state index contributed by atoms with van der Waals surface area (Å²) in [4.78, 5) is 18.7. The fourth-order valence-electron chi connectivity index (χ4n) is 2.71. The summed E-state index contributed by atoms with van der Waals surface area (Å²) in [6, 6.07) is 7.94. The minimum Gasteiger partial charge on any atom is -0.464 e. The van der Waals surface area contributed by atoms with E-state index in [9.17, 15) is 4.79 Å². The molecule has 3 heterocycles. The molecular weight excluding hydrogens is 296 g/mol. The van der Waals surface area contributed by atoms with Crippen LogP contribution in [0.3, 0.4) is 0 Å². The Hall–Kier alpha value is -1.75. The molecule has 1 amide bonds. The molecule has 1 atom stereocenters. The van der Waals surface area contributed by atoms with Gasteiger partial charge in [0.15, 0.2) is 0 Å². The van der Waals surface area contributed by atoms with Gasteiger partial charge in [0.05, 0.1) is 6.04 Å². The number of nitrogens with zero attached hydrogens (tertiary/aromatic N) is 2. The van der Waals surface area contributed by atoms with Gasteiger partial charge in [-0.1, -0.05) is 6.07 Å². The van der Waals surface area contributed by atoms with Crippen LogP contribution in [0.1, 0.15) is 29.5 Å². The third-order valence-electron chi connectivity index (χ3n) is 3.89. The molecule has 22 heavy (non-hydrogen) atoms. The monoisotopic (exact) mass is 316 g/mol.